The maximum atomic E-state index is 11.0. The van der Waals surface area contributed by atoms with Crippen molar-refractivity contribution in [1.82, 2.24) is 0 Å². The Kier molecular flexibility index (Phi) is 3.99. The summed E-state index contributed by atoms with van der Waals surface area (Å²) in [5, 5.41) is 12.0. The molecule has 16 heavy (non-hydrogen) atoms. The van der Waals surface area contributed by atoms with Crippen molar-refractivity contribution in [3.63, 3.8) is 0 Å². The summed E-state index contributed by atoms with van der Waals surface area (Å²) in [5.41, 5.74) is 0.687. The number of nitrogens with one attached hydrogen (secondary N) is 1. The van der Waals surface area contributed by atoms with Crippen LogP contribution in [0, 0.1) is 0 Å². The van der Waals surface area contributed by atoms with Gasteiger partial charge in [-0.25, -0.2) is 4.79 Å². The molecule has 88 valence electrons. The van der Waals surface area contributed by atoms with Gasteiger partial charge >= 0.3 is 5.97 Å². The van der Waals surface area contributed by atoms with E-state index in [-0.39, 0.29) is 5.56 Å². The Morgan fingerprint density at radius 3 is 2.31 bits per heavy atom. The minimum absolute atomic E-state index is 0.166. The molecule has 0 spiro atoms. The molecule has 5 nitrogen and oxygen atoms in total. The second-order valence-electron chi connectivity index (χ2n) is 3.09. The number of rotatable bonds is 5. The topological polar surface area (TPSA) is 67.8 Å². The minimum Gasteiger partial charge on any atom is -0.493 e. The lowest BCUT2D eigenvalue weighted by Crippen LogP contribution is -2.07. The summed E-state index contributed by atoms with van der Waals surface area (Å²) < 4.78 is 10.1. The van der Waals surface area contributed by atoms with Crippen molar-refractivity contribution in [3.8, 4) is 11.5 Å². The molecule has 0 amide bonds. The lowest BCUT2D eigenvalue weighted by atomic mass is 10.1. The lowest BCUT2D eigenvalue weighted by Gasteiger charge is -2.13. The molecular formula is C11H15NO4. The number of carboxylic acids is 1. The highest BCUT2D eigenvalue weighted by molar-refractivity contribution is 5.95. The van der Waals surface area contributed by atoms with Crippen LogP contribution in [0.4, 0.5) is 5.69 Å². The molecule has 0 saturated heterocycles. The van der Waals surface area contributed by atoms with Gasteiger partial charge in [-0.15, -0.1) is 0 Å². The smallest absolute Gasteiger partial charge is 0.337 e. The number of anilines is 1. The molecule has 0 bridgehead atoms. The number of benzene rings is 1. The molecule has 0 unspecified atom stereocenters. The third-order valence-corrected chi connectivity index (χ3v) is 2.12. The van der Waals surface area contributed by atoms with Gasteiger partial charge in [0.1, 0.15) is 0 Å². The monoisotopic (exact) mass is 225 g/mol. The zero-order valence-electron chi connectivity index (χ0n) is 9.53. The largest absolute Gasteiger partial charge is 0.493 e. The van der Waals surface area contributed by atoms with Crippen molar-refractivity contribution in [2.75, 3.05) is 26.1 Å². The van der Waals surface area contributed by atoms with E-state index in [4.69, 9.17) is 14.6 Å². The third kappa shape index (κ3) is 2.36. The molecule has 5 heteroatoms. The Hall–Kier alpha value is -1.91. The fourth-order valence-corrected chi connectivity index (χ4v) is 1.39. The van der Waals surface area contributed by atoms with Crippen molar-refractivity contribution in [2.45, 2.75) is 6.92 Å². The zero-order chi connectivity index (χ0) is 12.1. The van der Waals surface area contributed by atoms with E-state index in [0.29, 0.717) is 23.7 Å². The molecular weight excluding hydrogens is 210 g/mol. The third-order valence-electron chi connectivity index (χ3n) is 2.12. The number of carbonyl (C=O) groups is 1. The van der Waals surface area contributed by atoms with Gasteiger partial charge in [-0.2, -0.15) is 0 Å². The van der Waals surface area contributed by atoms with E-state index >= 15 is 0 Å². The first-order valence-corrected chi connectivity index (χ1v) is 4.87. The van der Waals surface area contributed by atoms with Gasteiger partial charge in [-0.1, -0.05) is 0 Å². The second-order valence-corrected chi connectivity index (χ2v) is 3.09. The highest BCUT2D eigenvalue weighted by atomic mass is 16.5. The molecule has 0 aliphatic rings. The first kappa shape index (κ1) is 12.2. The van der Waals surface area contributed by atoms with Gasteiger partial charge in [0.25, 0.3) is 0 Å². The van der Waals surface area contributed by atoms with E-state index in [1.54, 1.807) is 6.07 Å². The summed E-state index contributed by atoms with van der Waals surface area (Å²) in [7, 11) is 2.98. The maximum absolute atomic E-state index is 11.0. The van der Waals surface area contributed by atoms with Crippen LogP contribution in [0.3, 0.4) is 0 Å². The average molecular weight is 225 g/mol. The van der Waals surface area contributed by atoms with Crippen LogP contribution in [0.25, 0.3) is 0 Å². The Bertz CT molecular complexity index is 390. The molecule has 0 radical (unpaired) electrons. The van der Waals surface area contributed by atoms with Gasteiger partial charge in [0.2, 0.25) is 0 Å². The predicted octanol–water partition coefficient (Wildman–Crippen LogP) is 1.83. The fourth-order valence-electron chi connectivity index (χ4n) is 1.39. The van der Waals surface area contributed by atoms with Crippen molar-refractivity contribution in [3.05, 3.63) is 17.7 Å². The molecule has 0 heterocycles. The van der Waals surface area contributed by atoms with E-state index in [9.17, 15) is 4.79 Å². The zero-order valence-corrected chi connectivity index (χ0v) is 9.53. The number of aromatic carboxylic acids is 1. The van der Waals surface area contributed by atoms with Gasteiger partial charge in [0.05, 0.1) is 25.5 Å². The fraction of sp³-hybridized carbons (Fsp3) is 0.364. The number of hydrogen-bond acceptors (Lipinski definition) is 4. The Balaban J connectivity index is 3.29. The van der Waals surface area contributed by atoms with E-state index in [0.717, 1.165) is 0 Å². The van der Waals surface area contributed by atoms with Gasteiger partial charge in [-0.3, -0.25) is 0 Å². The van der Waals surface area contributed by atoms with Gasteiger partial charge in [0.15, 0.2) is 11.5 Å². The highest BCUT2D eigenvalue weighted by Gasteiger charge is 2.15. The first-order chi connectivity index (χ1) is 7.63. The number of methoxy groups -OCH3 is 2. The van der Waals surface area contributed by atoms with Crippen LogP contribution in [-0.2, 0) is 0 Å². The summed E-state index contributed by atoms with van der Waals surface area (Å²) in [6.07, 6.45) is 0. The predicted molar refractivity (Wildman–Crippen MR) is 60.7 cm³/mol. The minimum atomic E-state index is -1.00. The van der Waals surface area contributed by atoms with E-state index in [1.165, 1.54) is 20.3 Å². The number of hydrogen-bond donors (Lipinski definition) is 2. The molecule has 0 aliphatic carbocycles. The Labute approximate surface area is 94.0 Å². The Morgan fingerprint density at radius 1 is 1.31 bits per heavy atom. The molecule has 0 aromatic heterocycles. The van der Waals surface area contributed by atoms with Gasteiger partial charge in [-0.05, 0) is 6.92 Å². The maximum Gasteiger partial charge on any atom is 0.337 e. The molecule has 1 aromatic rings. The summed E-state index contributed by atoms with van der Waals surface area (Å²) >= 11 is 0. The number of carboxylic acid groups (broad SMARTS) is 1. The summed E-state index contributed by atoms with van der Waals surface area (Å²) in [4.78, 5) is 11.0. The second kappa shape index (κ2) is 5.25. The van der Waals surface area contributed by atoms with Gasteiger partial charge in [0, 0.05) is 18.7 Å². The lowest BCUT2D eigenvalue weighted by molar-refractivity contribution is 0.0697. The first-order valence-electron chi connectivity index (χ1n) is 4.87. The van der Waals surface area contributed by atoms with E-state index in [2.05, 4.69) is 5.32 Å². The van der Waals surface area contributed by atoms with Crippen molar-refractivity contribution >= 4 is 11.7 Å². The van der Waals surface area contributed by atoms with Crippen LogP contribution in [0.2, 0.25) is 0 Å². The van der Waals surface area contributed by atoms with Crippen LogP contribution in [-0.4, -0.2) is 31.8 Å². The normalized spacial score (nSPS) is 9.69. The van der Waals surface area contributed by atoms with Crippen molar-refractivity contribution < 1.29 is 19.4 Å². The molecule has 0 atom stereocenters. The quantitative estimate of drug-likeness (QED) is 0.800. The summed E-state index contributed by atoms with van der Waals surface area (Å²) in [5.74, 6) is -0.0955. The van der Waals surface area contributed by atoms with Crippen LogP contribution in [0.15, 0.2) is 12.1 Å². The molecule has 2 N–H and O–H groups in total. The molecule has 0 aliphatic heterocycles. The van der Waals surface area contributed by atoms with E-state index < -0.39 is 5.97 Å². The van der Waals surface area contributed by atoms with Crippen LogP contribution in [0.5, 0.6) is 11.5 Å². The van der Waals surface area contributed by atoms with Crippen molar-refractivity contribution in [2.24, 2.45) is 0 Å². The van der Waals surface area contributed by atoms with Crippen LogP contribution < -0.4 is 14.8 Å². The molecule has 0 fully saturated rings. The van der Waals surface area contributed by atoms with Crippen LogP contribution in [0.1, 0.15) is 17.3 Å². The molecule has 0 saturated carbocycles. The Morgan fingerprint density at radius 2 is 1.88 bits per heavy atom. The average Bonchev–Trinajstić information content (AvgIpc) is 2.28. The molecule has 1 aromatic carbocycles. The standard InChI is InChI=1S/C11H15NO4/c1-4-12-8-6-10(16-3)9(15-2)5-7(8)11(13)14/h5-6,12H,4H2,1-3H3,(H,13,14). The number of ether oxygens (including phenoxy) is 2. The van der Waals surface area contributed by atoms with E-state index in [1.807, 2.05) is 6.92 Å². The highest BCUT2D eigenvalue weighted by Crippen LogP contribution is 2.33. The van der Waals surface area contributed by atoms with Gasteiger partial charge < -0.3 is 19.9 Å². The summed E-state index contributed by atoms with van der Waals surface area (Å²) in [6, 6.07) is 3.06. The molecule has 1 rings (SSSR count). The SMILES string of the molecule is CCNc1cc(OC)c(OC)cc1C(=O)O. The summed E-state index contributed by atoms with van der Waals surface area (Å²) in [6.45, 7) is 2.53. The van der Waals surface area contributed by atoms with Crippen molar-refractivity contribution in [1.29, 1.82) is 0 Å². The van der Waals surface area contributed by atoms with Crippen LogP contribution >= 0.6 is 0 Å².